The van der Waals surface area contributed by atoms with E-state index in [2.05, 4.69) is 10.2 Å². The highest BCUT2D eigenvalue weighted by molar-refractivity contribution is 6.18. The van der Waals surface area contributed by atoms with Crippen LogP contribution >= 0.6 is 23.2 Å². The molecule has 3 nitrogen and oxygen atoms in total. The van der Waals surface area contributed by atoms with Crippen LogP contribution in [0.5, 0.6) is 0 Å². The number of rotatable bonds is 8. The monoisotopic (exact) mass is 338 g/mol. The average molecular weight is 339 g/mol. The van der Waals surface area contributed by atoms with E-state index in [1.54, 1.807) is 0 Å². The van der Waals surface area contributed by atoms with Crippen LogP contribution in [-0.4, -0.2) is 30.8 Å². The van der Waals surface area contributed by atoms with Gasteiger partial charge in [-0.15, -0.1) is 23.2 Å². The molecule has 2 rings (SSSR count). The Morgan fingerprint density at radius 1 is 1.14 bits per heavy atom. The lowest BCUT2D eigenvalue weighted by Gasteiger charge is -2.23. The Balaban J connectivity index is 1.91. The first-order valence-corrected chi connectivity index (χ1v) is 8.41. The van der Waals surface area contributed by atoms with Crippen LogP contribution in [0.25, 0.3) is 0 Å². The molecule has 0 saturated heterocycles. The minimum atomic E-state index is 0.0149. The van der Waals surface area contributed by atoms with Crippen molar-refractivity contribution in [3.05, 3.63) is 53.8 Å². The lowest BCUT2D eigenvalue weighted by atomic mass is 10.1. The third kappa shape index (κ3) is 5.08. The second-order valence-corrected chi connectivity index (χ2v) is 5.84. The third-order valence-electron chi connectivity index (χ3n) is 3.45. The van der Waals surface area contributed by atoms with Crippen LogP contribution in [-0.2, 0) is 11.2 Å². The van der Waals surface area contributed by atoms with Gasteiger partial charge in [0, 0.05) is 42.7 Å². The first-order chi connectivity index (χ1) is 10.7. The van der Waals surface area contributed by atoms with Crippen LogP contribution in [0.2, 0.25) is 0 Å². The van der Waals surface area contributed by atoms with Gasteiger partial charge in [-0.2, -0.15) is 0 Å². The maximum Gasteiger partial charge on any atom is 0.228 e. The molecule has 1 aromatic carbocycles. The van der Waals surface area contributed by atoms with E-state index >= 15 is 0 Å². The van der Waals surface area contributed by atoms with Gasteiger partial charge in [0.1, 0.15) is 0 Å². The van der Waals surface area contributed by atoms with Crippen molar-refractivity contribution in [1.29, 1.82) is 0 Å². The van der Waals surface area contributed by atoms with Gasteiger partial charge in [0.25, 0.3) is 0 Å². The highest BCUT2D eigenvalue weighted by Crippen LogP contribution is 2.16. The molecule has 0 bridgehead atoms. The quantitative estimate of drug-likeness (QED) is 0.736. The van der Waals surface area contributed by atoms with Crippen LogP contribution in [0, 0.1) is 0 Å². The van der Waals surface area contributed by atoms with Gasteiger partial charge in [0.2, 0.25) is 5.91 Å². The first-order valence-electron chi connectivity index (χ1n) is 7.34. The predicted octanol–water partition coefficient (Wildman–Crippen LogP) is 3.47. The number of nitrogens with one attached hydrogen (secondary N) is 1. The Hall–Kier alpha value is -1.45. The molecule has 1 aliphatic rings. The van der Waals surface area contributed by atoms with Crippen molar-refractivity contribution in [2.75, 3.05) is 29.7 Å². The smallest absolute Gasteiger partial charge is 0.228 e. The average Bonchev–Trinajstić information content (AvgIpc) is 3.00. The summed E-state index contributed by atoms with van der Waals surface area (Å²) in [7, 11) is 0. The summed E-state index contributed by atoms with van der Waals surface area (Å²) in [5.41, 5.74) is 3.02. The molecule has 0 atom stereocenters. The molecular weight excluding hydrogens is 319 g/mol. The van der Waals surface area contributed by atoms with Crippen molar-refractivity contribution >= 4 is 34.8 Å². The standard InChI is InChI=1S/C17H20Cl2N2O/c18-9-11-21(12-10-19)16-7-5-14(6-8-16)13-17(22)20-15-3-1-2-4-15/h1-3,5-8H,4,9-13H2,(H,20,22). The summed E-state index contributed by atoms with van der Waals surface area (Å²) in [6.07, 6.45) is 7.08. The summed E-state index contributed by atoms with van der Waals surface area (Å²) in [5, 5.41) is 2.92. The fourth-order valence-corrected chi connectivity index (χ4v) is 2.76. The molecule has 0 fully saturated rings. The summed E-state index contributed by atoms with van der Waals surface area (Å²) in [6.45, 7) is 1.52. The van der Waals surface area contributed by atoms with Crippen molar-refractivity contribution < 1.29 is 4.79 Å². The normalized spacial score (nSPS) is 13.1. The van der Waals surface area contributed by atoms with E-state index in [4.69, 9.17) is 23.2 Å². The van der Waals surface area contributed by atoms with Gasteiger partial charge in [0.15, 0.2) is 0 Å². The minimum absolute atomic E-state index is 0.0149. The Bertz CT molecular complexity index is 546. The van der Waals surface area contributed by atoms with Gasteiger partial charge >= 0.3 is 0 Å². The van der Waals surface area contributed by atoms with Crippen molar-refractivity contribution in [3.8, 4) is 0 Å². The number of alkyl halides is 2. The van der Waals surface area contributed by atoms with Crippen molar-refractivity contribution in [1.82, 2.24) is 5.32 Å². The molecule has 1 N–H and O–H groups in total. The summed E-state index contributed by atoms with van der Waals surface area (Å²) in [4.78, 5) is 14.1. The van der Waals surface area contributed by atoms with Crippen LogP contribution in [0.1, 0.15) is 12.0 Å². The highest BCUT2D eigenvalue weighted by atomic mass is 35.5. The second-order valence-electron chi connectivity index (χ2n) is 5.08. The van der Waals surface area contributed by atoms with Crippen LogP contribution in [0.3, 0.4) is 0 Å². The van der Waals surface area contributed by atoms with Gasteiger partial charge in [0.05, 0.1) is 6.42 Å². The van der Waals surface area contributed by atoms with E-state index in [0.717, 1.165) is 36.5 Å². The molecule has 0 unspecified atom stereocenters. The lowest BCUT2D eigenvalue weighted by molar-refractivity contribution is -0.119. The maximum atomic E-state index is 12.0. The fraction of sp³-hybridized carbons (Fsp3) is 0.353. The van der Waals surface area contributed by atoms with E-state index in [-0.39, 0.29) is 5.91 Å². The molecule has 1 aliphatic carbocycles. The Kier molecular flexibility index (Phi) is 6.81. The zero-order valence-electron chi connectivity index (χ0n) is 12.4. The first kappa shape index (κ1) is 16.9. The number of hydrogen-bond donors (Lipinski definition) is 1. The molecule has 0 saturated carbocycles. The lowest BCUT2D eigenvalue weighted by Crippen LogP contribution is -2.27. The zero-order chi connectivity index (χ0) is 15.8. The SMILES string of the molecule is O=C(Cc1ccc(N(CCCl)CCCl)cc1)NC1=CC=CC1. The molecular formula is C17H20Cl2N2O. The maximum absolute atomic E-state index is 12.0. The van der Waals surface area contributed by atoms with Crippen LogP contribution in [0.4, 0.5) is 5.69 Å². The van der Waals surface area contributed by atoms with E-state index in [9.17, 15) is 4.79 Å². The topological polar surface area (TPSA) is 32.3 Å². The van der Waals surface area contributed by atoms with E-state index in [0.29, 0.717) is 18.2 Å². The van der Waals surface area contributed by atoms with Gasteiger partial charge < -0.3 is 10.2 Å². The fourth-order valence-electron chi connectivity index (χ4n) is 2.35. The number of halogens is 2. The molecule has 0 radical (unpaired) electrons. The van der Waals surface area contributed by atoms with E-state index in [1.807, 2.05) is 42.5 Å². The number of amides is 1. The number of carbonyl (C=O) groups excluding carboxylic acids is 1. The van der Waals surface area contributed by atoms with Gasteiger partial charge in [-0.1, -0.05) is 24.3 Å². The van der Waals surface area contributed by atoms with Crippen LogP contribution in [0.15, 0.2) is 48.2 Å². The summed E-state index contributed by atoms with van der Waals surface area (Å²) >= 11 is 11.6. The van der Waals surface area contributed by atoms with Crippen LogP contribution < -0.4 is 10.2 Å². The van der Waals surface area contributed by atoms with Gasteiger partial charge in [-0.3, -0.25) is 4.79 Å². The van der Waals surface area contributed by atoms with Gasteiger partial charge in [-0.05, 0) is 23.8 Å². The Morgan fingerprint density at radius 3 is 2.36 bits per heavy atom. The molecule has 5 heteroatoms. The number of anilines is 1. The van der Waals surface area contributed by atoms with Gasteiger partial charge in [-0.25, -0.2) is 0 Å². The molecule has 118 valence electrons. The third-order valence-corrected chi connectivity index (χ3v) is 3.78. The number of nitrogens with zero attached hydrogens (tertiary/aromatic N) is 1. The largest absolute Gasteiger partial charge is 0.369 e. The predicted molar refractivity (Wildman–Crippen MR) is 93.8 cm³/mol. The number of hydrogen-bond acceptors (Lipinski definition) is 2. The molecule has 0 heterocycles. The summed E-state index contributed by atoms with van der Waals surface area (Å²) in [5.74, 6) is 1.13. The van der Waals surface area contributed by atoms with Crippen molar-refractivity contribution in [2.45, 2.75) is 12.8 Å². The molecule has 22 heavy (non-hydrogen) atoms. The van der Waals surface area contributed by atoms with E-state index < -0.39 is 0 Å². The summed E-state index contributed by atoms with van der Waals surface area (Å²) < 4.78 is 0. The Labute approximate surface area is 141 Å². The molecule has 0 aliphatic heterocycles. The van der Waals surface area contributed by atoms with E-state index in [1.165, 1.54) is 0 Å². The van der Waals surface area contributed by atoms with Crippen molar-refractivity contribution in [3.63, 3.8) is 0 Å². The number of allylic oxidation sites excluding steroid dienone is 3. The number of benzene rings is 1. The highest BCUT2D eigenvalue weighted by Gasteiger charge is 2.09. The van der Waals surface area contributed by atoms with Crippen molar-refractivity contribution in [2.24, 2.45) is 0 Å². The zero-order valence-corrected chi connectivity index (χ0v) is 13.9. The minimum Gasteiger partial charge on any atom is -0.369 e. The second kappa shape index (κ2) is 8.86. The molecule has 1 amide bonds. The number of carbonyl (C=O) groups is 1. The molecule has 0 aromatic heterocycles. The summed E-state index contributed by atoms with van der Waals surface area (Å²) in [6, 6.07) is 7.98. The molecule has 1 aromatic rings. The Morgan fingerprint density at radius 2 is 1.82 bits per heavy atom. The molecule has 0 spiro atoms.